The minimum atomic E-state index is -1.67. The lowest BCUT2D eigenvalue weighted by molar-refractivity contribution is -0.0596. The zero-order valence-corrected chi connectivity index (χ0v) is 14.8. The van der Waals surface area contributed by atoms with E-state index in [1.165, 1.54) is 0 Å². The summed E-state index contributed by atoms with van der Waals surface area (Å²) in [6.45, 7) is 17.6. The SMILES string of the molecule is C=C[C@@H](CC[C@@H](C)O[Si](C)(C)C(C)(C)C)OCOC. The van der Waals surface area contributed by atoms with Crippen LogP contribution in [0.5, 0.6) is 0 Å². The van der Waals surface area contributed by atoms with Gasteiger partial charge in [0.15, 0.2) is 8.32 Å². The molecule has 0 radical (unpaired) electrons. The van der Waals surface area contributed by atoms with Gasteiger partial charge in [-0.1, -0.05) is 26.8 Å². The van der Waals surface area contributed by atoms with E-state index in [4.69, 9.17) is 13.9 Å². The number of hydrogen-bond donors (Lipinski definition) is 0. The Labute approximate surface area is 120 Å². The Bertz CT molecular complexity index is 259. The number of rotatable bonds is 9. The van der Waals surface area contributed by atoms with Gasteiger partial charge in [-0.15, -0.1) is 6.58 Å². The van der Waals surface area contributed by atoms with Crippen LogP contribution in [0.1, 0.15) is 40.5 Å². The van der Waals surface area contributed by atoms with Gasteiger partial charge in [-0.25, -0.2) is 0 Å². The van der Waals surface area contributed by atoms with Crippen LogP contribution in [0.3, 0.4) is 0 Å². The van der Waals surface area contributed by atoms with Crippen molar-refractivity contribution in [2.45, 2.75) is 70.9 Å². The molecule has 4 heteroatoms. The molecule has 114 valence electrons. The Kier molecular flexibility index (Phi) is 8.13. The molecule has 0 rings (SSSR count). The van der Waals surface area contributed by atoms with Crippen LogP contribution in [0.25, 0.3) is 0 Å². The molecule has 0 aliphatic carbocycles. The molecule has 0 amide bonds. The second-order valence-electron chi connectivity index (χ2n) is 6.61. The predicted molar refractivity (Wildman–Crippen MR) is 83.9 cm³/mol. The van der Waals surface area contributed by atoms with E-state index >= 15 is 0 Å². The third kappa shape index (κ3) is 7.25. The molecule has 0 aromatic rings. The van der Waals surface area contributed by atoms with Crippen molar-refractivity contribution in [2.75, 3.05) is 13.9 Å². The molecule has 0 saturated heterocycles. The molecule has 0 unspecified atom stereocenters. The highest BCUT2D eigenvalue weighted by molar-refractivity contribution is 6.74. The maximum absolute atomic E-state index is 6.32. The van der Waals surface area contributed by atoms with E-state index in [1.807, 2.05) is 6.08 Å². The Balaban J connectivity index is 4.17. The Morgan fingerprint density at radius 3 is 2.21 bits per heavy atom. The smallest absolute Gasteiger partial charge is 0.192 e. The van der Waals surface area contributed by atoms with Crippen molar-refractivity contribution in [1.82, 2.24) is 0 Å². The van der Waals surface area contributed by atoms with Crippen molar-refractivity contribution in [3.05, 3.63) is 12.7 Å². The summed E-state index contributed by atoms with van der Waals surface area (Å²) >= 11 is 0. The van der Waals surface area contributed by atoms with Crippen LogP contribution in [0.4, 0.5) is 0 Å². The molecule has 0 spiro atoms. The highest BCUT2D eigenvalue weighted by Gasteiger charge is 2.38. The fraction of sp³-hybridized carbons (Fsp3) is 0.867. The summed E-state index contributed by atoms with van der Waals surface area (Å²) in [5.41, 5.74) is 0. The van der Waals surface area contributed by atoms with Crippen molar-refractivity contribution in [3.63, 3.8) is 0 Å². The van der Waals surface area contributed by atoms with Crippen LogP contribution in [0.2, 0.25) is 18.1 Å². The first-order valence-electron chi connectivity index (χ1n) is 7.05. The van der Waals surface area contributed by atoms with Crippen LogP contribution >= 0.6 is 0 Å². The van der Waals surface area contributed by atoms with E-state index < -0.39 is 8.32 Å². The molecule has 0 aliphatic heterocycles. The standard InChI is InChI=1S/C15H32O3Si/c1-9-14(17-12-16-6)11-10-13(2)18-19(7,8)15(3,4)5/h9,13-14H,1,10-12H2,2-8H3/t13-,14+/m1/s1. The zero-order valence-electron chi connectivity index (χ0n) is 13.8. The fourth-order valence-electron chi connectivity index (χ4n) is 1.56. The lowest BCUT2D eigenvalue weighted by Gasteiger charge is -2.38. The summed E-state index contributed by atoms with van der Waals surface area (Å²) in [5.74, 6) is 0. The van der Waals surface area contributed by atoms with Gasteiger partial charge in [0.1, 0.15) is 6.79 Å². The van der Waals surface area contributed by atoms with E-state index in [0.717, 1.165) is 12.8 Å². The quantitative estimate of drug-likeness (QED) is 0.358. The summed E-state index contributed by atoms with van der Waals surface area (Å²) < 4.78 is 16.7. The summed E-state index contributed by atoms with van der Waals surface area (Å²) in [4.78, 5) is 0. The van der Waals surface area contributed by atoms with Gasteiger partial charge < -0.3 is 13.9 Å². The third-order valence-corrected chi connectivity index (χ3v) is 8.43. The highest BCUT2D eigenvalue weighted by Crippen LogP contribution is 2.37. The molecule has 0 heterocycles. The lowest BCUT2D eigenvalue weighted by Crippen LogP contribution is -2.43. The van der Waals surface area contributed by atoms with Crippen molar-refractivity contribution in [2.24, 2.45) is 0 Å². The average Bonchev–Trinajstić information content (AvgIpc) is 2.27. The van der Waals surface area contributed by atoms with E-state index in [2.05, 4.69) is 47.4 Å². The minimum absolute atomic E-state index is 0.0467. The largest absolute Gasteiger partial charge is 0.414 e. The molecule has 0 aromatic carbocycles. The van der Waals surface area contributed by atoms with Crippen molar-refractivity contribution < 1.29 is 13.9 Å². The average molecular weight is 289 g/mol. The second kappa shape index (κ2) is 8.20. The van der Waals surface area contributed by atoms with E-state index in [0.29, 0.717) is 6.79 Å². The molecule has 0 bridgehead atoms. The maximum atomic E-state index is 6.32. The van der Waals surface area contributed by atoms with Gasteiger partial charge in [0.25, 0.3) is 0 Å². The van der Waals surface area contributed by atoms with E-state index in [9.17, 15) is 0 Å². The molecule has 0 aliphatic rings. The van der Waals surface area contributed by atoms with Gasteiger partial charge in [0.2, 0.25) is 0 Å². The second-order valence-corrected chi connectivity index (χ2v) is 11.4. The molecule has 19 heavy (non-hydrogen) atoms. The first-order valence-corrected chi connectivity index (χ1v) is 9.95. The number of ether oxygens (including phenoxy) is 2. The topological polar surface area (TPSA) is 27.7 Å². The van der Waals surface area contributed by atoms with E-state index in [-0.39, 0.29) is 17.2 Å². The van der Waals surface area contributed by atoms with Gasteiger partial charge in [0, 0.05) is 13.2 Å². The summed E-state index contributed by atoms with van der Waals surface area (Å²) in [6.07, 6.45) is 4.04. The van der Waals surface area contributed by atoms with Crippen LogP contribution in [-0.4, -0.2) is 34.4 Å². The molecule has 2 atom stereocenters. The predicted octanol–water partition coefficient (Wildman–Crippen LogP) is 4.35. The summed E-state index contributed by atoms with van der Waals surface area (Å²) in [5, 5.41) is 0.256. The molecular weight excluding hydrogens is 256 g/mol. The van der Waals surface area contributed by atoms with Crippen molar-refractivity contribution >= 4 is 8.32 Å². The third-order valence-electron chi connectivity index (χ3n) is 3.82. The summed E-state index contributed by atoms with van der Waals surface area (Å²) in [6, 6.07) is 0. The van der Waals surface area contributed by atoms with Crippen molar-refractivity contribution in [3.8, 4) is 0 Å². The normalized spacial score (nSPS) is 16.2. The first kappa shape index (κ1) is 18.8. The fourth-order valence-corrected chi connectivity index (χ4v) is 3.04. The lowest BCUT2D eigenvalue weighted by atomic mass is 10.1. The summed E-state index contributed by atoms with van der Waals surface area (Å²) in [7, 11) is -0.0386. The first-order chi connectivity index (χ1) is 8.64. The molecule has 0 fully saturated rings. The minimum Gasteiger partial charge on any atom is -0.414 e. The molecular formula is C15H32O3Si. The monoisotopic (exact) mass is 288 g/mol. The maximum Gasteiger partial charge on any atom is 0.192 e. The zero-order chi connectivity index (χ0) is 15.1. The molecule has 0 saturated carbocycles. The Hall–Kier alpha value is -0.163. The van der Waals surface area contributed by atoms with Gasteiger partial charge in [-0.3, -0.25) is 0 Å². The van der Waals surface area contributed by atoms with Gasteiger partial charge in [0.05, 0.1) is 6.10 Å². The molecule has 0 aromatic heterocycles. The van der Waals surface area contributed by atoms with Crippen LogP contribution in [0.15, 0.2) is 12.7 Å². The Morgan fingerprint density at radius 2 is 1.79 bits per heavy atom. The van der Waals surface area contributed by atoms with Gasteiger partial charge in [-0.2, -0.15) is 0 Å². The Morgan fingerprint density at radius 1 is 1.21 bits per heavy atom. The van der Waals surface area contributed by atoms with Crippen molar-refractivity contribution in [1.29, 1.82) is 0 Å². The molecule has 3 nitrogen and oxygen atoms in total. The van der Waals surface area contributed by atoms with Gasteiger partial charge >= 0.3 is 0 Å². The van der Waals surface area contributed by atoms with Crippen LogP contribution in [0, 0.1) is 0 Å². The number of methoxy groups -OCH3 is 1. The highest BCUT2D eigenvalue weighted by atomic mass is 28.4. The van der Waals surface area contributed by atoms with Crippen LogP contribution < -0.4 is 0 Å². The van der Waals surface area contributed by atoms with E-state index in [1.54, 1.807) is 7.11 Å². The number of hydrogen-bond acceptors (Lipinski definition) is 3. The van der Waals surface area contributed by atoms with Crippen LogP contribution in [-0.2, 0) is 13.9 Å². The van der Waals surface area contributed by atoms with Gasteiger partial charge in [-0.05, 0) is 37.9 Å². The molecule has 0 N–H and O–H groups in total.